The highest BCUT2D eigenvalue weighted by molar-refractivity contribution is 5.74. The first kappa shape index (κ1) is 15.5. The Morgan fingerprint density at radius 2 is 2.17 bits per heavy atom. The number of imidazole rings is 1. The van der Waals surface area contributed by atoms with E-state index >= 15 is 0 Å². The minimum atomic E-state index is -0.343. The van der Waals surface area contributed by atoms with E-state index in [0.29, 0.717) is 37.6 Å². The van der Waals surface area contributed by atoms with Crippen LogP contribution in [0.25, 0.3) is 5.69 Å². The predicted octanol–water partition coefficient (Wildman–Crippen LogP) is 1.86. The second kappa shape index (κ2) is 6.78. The van der Waals surface area contributed by atoms with Crippen LogP contribution in [0.4, 0.5) is 9.18 Å². The number of hydrogen-bond donors (Lipinski definition) is 1. The van der Waals surface area contributed by atoms with Gasteiger partial charge in [0.2, 0.25) is 0 Å². The molecule has 122 valence electrons. The molecule has 1 aromatic heterocycles. The fourth-order valence-electron chi connectivity index (χ4n) is 2.54. The number of aryl methyl sites for hydroxylation is 1. The van der Waals surface area contributed by atoms with Gasteiger partial charge in [0.1, 0.15) is 11.6 Å². The Bertz CT molecular complexity index is 695. The minimum Gasteiger partial charge on any atom is -0.378 e. The standard InChI is InChI=1S/C16H19FN4O2/c1-12-18-4-5-21(12)15-3-2-13(10-14(15)17)11-19-16(22)20-6-8-23-9-7-20/h2-5,10H,6-9,11H2,1H3,(H,19,22). The average molecular weight is 318 g/mol. The zero-order valence-electron chi connectivity index (χ0n) is 13.0. The molecule has 0 atom stereocenters. The van der Waals surface area contributed by atoms with Gasteiger partial charge in [0.05, 0.1) is 18.9 Å². The van der Waals surface area contributed by atoms with E-state index in [4.69, 9.17) is 4.74 Å². The Morgan fingerprint density at radius 1 is 1.39 bits per heavy atom. The van der Waals surface area contributed by atoms with Crippen LogP contribution in [0.3, 0.4) is 0 Å². The smallest absolute Gasteiger partial charge is 0.317 e. The fraction of sp³-hybridized carbons (Fsp3) is 0.375. The summed E-state index contributed by atoms with van der Waals surface area (Å²) >= 11 is 0. The molecule has 0 unspecified atom stereocenters. The number of nitrogens with zero attached hydrogens (tertiary/aromatic N) is 3. The summed E-state index contributed by atoms with van der Waals surface area (Å²) in [4.78, 5) is 17.8. The zero-order valence-corrected chi connectivity index (χ0v) is 13.0. The van der Waals surface area contributed by atoms with Crippen molar-refractivity contribution < 1.29 is 13.9 Å². The van der Waals surface area contributed by atoms with E-state index in [1.54, 1.807) is 34.0 Å². The molecule has 1 fully saturated rings. The van der Waals surface area contributed by atoms with Crippen LogP contribution in [0.2, 0.25) is 0 Å². The van der Waals surface area contributed by atoms with E-state index in [1.807, 2.05) is 6.92 Å². The molecule has 0 spiro atoms. The monoisotopic (exact) mass is 318 g/mol. The highest BCUT2D eigenvalue weighted by Crippen LogP contribution is 2.16. The number of ether oxygens (including phenoxy) is 1. The molecule has 2 aromatic rings. The van der Waals surface area contributed by atoms with E-state index in [1.165, 1.54) is 6.07 Å². The van der Waals surface area contributed by atoms with Crippen LogP contribution in [-0.4, -0.2) is 46.8 Å². The van der Waals surface area contributed by atoms with Crippen molar-refractivity contribution >= 4 is 6.03 Å². The maximum absolute atomic E-state index is 14.3. The second-order valence-corrected chi connectivity index (χ2v) is 5.39. The summed E-state index contributed by atoms with van der Waals surface area (Å²) in [6.45, 7) is 4.38. The van der Waals surface area contributed by atoms with Crippen molar-refractivity contribution in [3.05, 3.63) is 47.8 Å². The molecule has 3 rings (SSSR count). The number of hydrogen-bond acceptors (Lipinski definition) is 3. The molecule has 0 saturated carbocycles. The lowest BCUT2D eigenvalue weighted by atomic mass is 10.2. The lowest BCUT2D eigenvalue weighted by molar-refractivity contribution is 0.0531. The molecule has 1 aromatic carbocycles. The minimum absolute atomic E-state index is 0.150. The first-order valence-electron chi connectivity index (χ1n) is 7.54. The fourth-order valence-corrected chi connectivity index (χ4v) is 2.54. The first-order chi connectivity index (χ1) is 11.1. The molecular weight excluding hydrogens is 299 g/mol. The van der Waals surface area contributed by atoms with Gasteiger partial charge < -0.3 is 19.5 Å². The number of carbonyl (C=O) groups excluding carboxylic acids is 1. The van der Waals surface area contributed by atoms with Gasteiger partial charge in [-0.2, -0.15) is 0 Å². The summed E-state index contributed by atoms with van der Waals surface area (Å²) in [5, 5.41) is 2.81. The number of benzene rings is 1. The van der Waals surface area contributed by atoms with Crippen LogP contribution in [0.5, 0.6) is 0 Å². The van der Waals surface area contributed by atoms with Gasteiger partial charge in [-0.1, -0.05) is 6.07 Å². The maximum Gasteiger partial charge on any atom is 0.317 e. The maximum atomic E-state index is 14.3. The number of nitrogens with one attached hydrogen (secondary N) is 1. The third-order valence-corrected chi connectivity index (χ3v) is 3.84. The van der Waals surface area contributed by atoms with E-state index in [2.05, 4.69) is 10.3 Å². The molecule has 0 radical (unpaired) electrons. The molecule has 2 heterocycles. The molecule has 0 bridgehead atoms. The summed E-state index contributed by atoms with van der Waals surface area (Å²) in [7, 11) is 0. The van der Waals surface area contributed by atoms with Crippen molar-refractivity contribution in [3.8, 4) is 5.69 Å². The molecule has 1 aliphatic heterocycles. The Kier molecular flexibility index (Phi) is 4.57. The van der Waals surface area contributed by atoms with Crippen LogP contribution >= 0.6 is 0 Å². The van der Waals surface area contributed by atoms with Crippen LogP contribution in [0.15, 0.2) is 30.6 Å². The molecule has 2 amide bonds. The summed E-state index contributed by atoms with van der Waals surface area (Å²) in [6, 6.07) is 4.79. The number of carbonyl (C=O) groups is 1. The number of urea groups is 1. The predicted molar refractivity (Wildman–Crippen MR) is 82.9 cm³/mol. The third-order valence-electron chi connectivity index (χ3n) is 3.84. The van der Waals surface area contributed by atoms with E-state index < -0.39 is 0 Å². The van der Waals surface area contributed by atoms with Crippen molar-refractivity contribution in [2.24, 2.45) is 0 Å². The van der Waals surface area contributed by atoms with Gasteiger partial charge in [0.15, 0.2) is 0 Å². The quantitative estimate of drug-likeness (QED) is 0.940. The molecule has 1 aliphatic rings. The molecule has 0 aliphatic carbocycles. The summed E-state index contributed by atoms with van der Waals surface area (Å²) < 4.78 is 21.2. The van der Waals surface area contributed by atoms with E-state index in [-0.39, 0.29) is 18.4 Å². The van der Waals surface area contributed by atoms with E-state index in [0.717, 1.165) is 5.82 Å². The Labute approximate surface area is 133 Å². The van der Waals surface area contributed by atoms with Gasteiger partial charge in [0, 0.05) is 32.0 Å². The zero-order chi connectivity index (χ0) is 16.2. The SMILES string of the molecule is Cc1nccn1-c1ccc(CNC(=O)N2CCOCC2)cc1F. The van der Waals surface area contributed by atoms with Gasteiger partial charge in [-0.15, -0.1) is 0 Å². The van der Waals surface area contributed by atoms with Crippen LogP contribution in [0, 0.1) is 12.7 Å². The molecular formula is C16H19FN4O2. The molecule has 7 heteroatoms. The highest BCUT2D eigenvalue weighted by Gasteiger charge is 2.16. The van der Waals surface area contributed by atoms with Gasteiger partial charge >= 0.3 is 6.03 Å². The molecule has 23 heavy (non-hydrogen) atoms. The Morgan fingerprint density at radius 3 is 2.83 bits per heavy atom. The molecule has 1 saturated heterocycles. The summed E-state index contributed by atoms with van der Waals surface area (Å²) in [6.07, 6.45) is 3.35. The lowest BCUT2D eigenvalue weighted by Crippen LogP contribution is -2.45. The van der Waals surface area contributed by atoms with Gasteiger partial charge in [-0.05, 0) is 24.6 Å². The summed E-state index contributed by atoms with van der Waals surface area (Å²) in [5.74, 6) is 0.376. The first-order valence-corrected chi connectivity index (χ1v) is 7.54. The van der Waals surface area contributed by atoms with Gasteiger partial charge in [-0.3, -0.25) is 0 Å². The van der Waals surface area contributed by atoms with Crippen molar-refractivity contribution in [1.82, 2.24) is 19.8 Å². The number of halogens is 1. The highest BCUT2D eigenvalue weighted by atomic mass is 19.1. The lowest BCUT2D eigenvalue weighted by Gasteiger charge is -2.26. The second-order valence-electron chi connectivity index (χ2n) is 5.39. The van der Waals surface area contributed by atoms with Crippen LogP contribution < -0.4 is 5.32 Å². The van der Waals surface area contributed by atoms with Crippen molar-refractivity contribution in [2.75, 3.05) is 26.3 Å². The van der Waals surface area contributed by atoms with Crippen LogP contribution in [0.1, 0.15) is 11.4 Å². The average Bonchev–Trinajstić information content (AvgIpc) is 2.99. The summed E-state index contributed by atoms with van der Waals surface area (Å²) in [5.41, 5.74) is 1.16. The number of rotatable bonds is 3. The van der Waals surface area contributed by atoms with Crippen molar-refractivity contribution in [2.45, 2.75) is 13.5 Å². The Balaban J connectivity index is 1.64. The Hall–Kier alpha value is -2.41. The number of morpholine rings is 1. The largest absolute Gasteiger partial charge is 0.378 e. The topological polar surface area (TPSA) is 59.4 Å². The van der Waals surface area contributed by atoms with Crippen molar-refractivity contribution in [1.29, 1.82) is 0 Å². The van der Waals surface area contributed by atoms with Crippen molar-refractivity contribution in [3.63, 3.8) is 0 Å². The van der Waals surface area contributed by atoms with Gasteiger partial charge in [0.25, 0.3) is 0 Å². The third kappa shape index (κ3) is 3.50. The number of aromatic nitrogens is 2. The molecule has 1 N–H and O–H groups in total. The van der Waals surface area contributed by atoms with Gasteiger partial charge in [-0.25, -0.2) is 14.2 Å². The normalized spacial score (nSPS) is 14.8. The molecule has 6 nitrogen and oxygen atoms in total. The number of amides is 2. The van der Waals surface area contributed by atoms with E-state index in [9.17, 15) is 9.18 Å². The van der Waals surface area contributed by atoms with Crippen LogP contribution in [-0.2, 0) is 11.3 Å².